The monoisotopic (exact) mass is 395 g/mol. The van der Waals surface area contributed by atoms with Crippen molar-refractivity contribution in [1.29, 1.82) is 0 Å². The van der Waals surface area contributed by atoms with Gasteiger partial charge in [-0.25, -0.2) is 0 Å². The van der Waals surface area contributed by atoms with Gasteiger partial charge in [0.05, 0.1) is 31.0 Å². The van der Waals surface area contributed by atoms with Crippen LogP contribution in [0.1, 0.15) is 13.3 Å². The number of carbonyl (C=O) groups excluding carboxylic acids is 1. The zero-order chi connectivity index (χ0) is 20.3. The van der Waals surface area contributed by atoms with Gasteiger partial charge in [-0.05, 0) is 13.3 Å². The minimum absolute atomic E-state index is 0.00118. The molecule has 0 bridgehead atoms. The Labute approximate surface area is 156 Å². The van der Waals surface area contributed by atoms with Crippen LogP contribution in [0, 0.1) is 5.92 Å². The van der Waals surface area contributed by atoms with Crippen LogP contribution in [0.3, 0.4) is 0 Å². The smallest absolute Gasteiger partial charge is 0.246 e. The molecule has 1 amide bonds. The van der Waals surface area contributed by atoms with Crippen molar-refractivity contribution >= 4 is 5.91 Å². The summed E-state index contributed by atoms with van der Waals surface area (Å²) in [6.07, 6.45) is -9.66. The van der Waals surface area contributed by atoms with E-state index in [1.54, 1.807) is 6.92 Å². The number of aliphatic hydroxyl groups excluding tert-OH is 7. The largest absolute Gasteiger partial charge is 0.396 e. The van der Waals surface area contributed by atoms with E-state index in [2.05, 4.69) is 5.32 Å². The number of hydrogen-bond donors (Lipinski definition) is 8. The fourth-order valence-corrected chi connectivity index (χ4v) is 3.68. The van der Waals surface area contributed by atoms with Crippen molar-refractivity contribution < 1.29 is 50.0 Å². The van der Waals surface area contributed by atoms with E-state index in [0.717, 1.165) is 0 Å². The second-order valence-electron chi connectivity index (χ2n) is 7.09. The Morgan fingerprint density at radius 2 is 1.70 bits per heavy atom. The number of amides is 1. The van der Waals surface area contributed by atoms with Crippen LogP contribution in [0.5, 0.6) is 0 Å². The first-order valence-corrected chi connectivity index (χ1v) is 8.90. The van der Waals surface area contributed by atoms with Crippen molar-refractivity contribution in [1.82, 2.24) is 5.32 Å². The standard InChI is InChI=1S/C16H29NO10/c1-6-11(17-10(21)5-20)16(14(24)9(4-19)26-6)27-8-2-7(3-18)12(22)15(25)13(8)23/h6-9,11-16,18-20,22-25H,2-5H2,1H3,(H,17,21). The molecule has 11 nitrogen and oxygen atoms in total. The summed E-state index contributed by atoms with van der Waals surface area (Å²) in [6, 6.07) is -0.911. The summed E-state index contributed by atoms with van der Waals surface area (Å²) in [5.41, 5.74) is 0. The minimum Gasteiger partial charge on any atom is -0.396 e. The highest BCUT2D eigenvalue weighted by atomic mass is 16.6. The van der Waals surface area contributed by atoms with Gasteiger partial charge >= 0.3 is 0 Å². The molecule has 10 unspecified atom stereocenters. The van der Waals surface area contributed by atoms with Gasteiger partial charge in [0.15, 0.2) is 0 Å². The molecule has 2 aliphatic rings. The van der Waals surface area contributed by atoms with E-state index < -0.39 is 86.5 Å². The van der Waals surface area contributed by atoms with Gasteiger partial charge in [0.2, 0.25) is 5.91 Å². The van der Waals surface area contributed by atoms with E-state index in [4.69, 9.17) is 14.6 Å². The third-order valence-corrected chi connectivity index (χ3v) is 5.28. The van der Waals surface area contributed by atoms with Crippen molar-refractivity contribution in [3.05, 3.63) is 0 Å². The van der Waals surface area contributed by atoms with Crippen molar-refractivity contribution in [2.45, 2.75) is 68.2 Å². The van der Waals surface area contributed by atoms with Crippen LogP contribution in [0.4, 0.5) is 0 Å². The molecule has 1 saturated heterocycles. The molecule has 1 aliphatic heterocycles. The third-order valence-electron chi connectivity index (χ3n) is 5.28. The SMILES string of the molecule is CC1OC(CO)C(O)C(OC2CC(CO)C(O)C(O)C2O)C1NC(=O)CO. The van der Waals surface area contributed by atoms with E-state index in [1.165, 1.54) is 0 Å². The van der Waals surface area contributed by atoms with Gasteiger partial charge in [0, 0.05) is 12.5 Å². The van der Waals surface area contributed by atoms with Gasteiger partial charge in [0.1, 0.15) is 37.1 Å². The minimum atomic E-state index is -1.56. The Kier molecular flexibility index (Phi) is 7.92. The summed E-state index contributed by atoms with van der Waals surface area (Å²) in [6.45, 7) is -0.167. The van der Waals surface area contributed by atoms with Gasteiger partial charge < -0.3 is 50.5 Å². The first kappa shape index (κ1) is 22.4. The lowest BCUT2D eigenvalue weighted by molar-refractivity contribution is -0.246. The summed E-state index contributed by atoms with van der Waals surface area (Å²) in [7, 11) is 0. The molecule has 11 heteroatoms. The number of nitrogens with one attached hydrogen (secondary N) is 1. The molecule has 0 aromatic heterocycles. The third kappa shape index (κ3) is 4.75. The highest BCUT2D eigenvalue weighted by Crippen LogP contribution is 2.32. The van der Waals surface area contributed by atoms with Gasteiger partial charge in [-0.3, -0.25) is 4.79 Å². The average Bonchev–Trinajstić information content (AvgIpc) is 2.66. The van der Waals surface area contributed by atoms with E-state index in [-0.39, 0.29) is 6.42 Å². The number of aliphatic hydroxyl groups is 7. The molecule has 0 radical (unpaired) electrons. The topological polar surface area (TPSA) is 189 Å². The lowest BCUT2D eigenvalue weighted by atomic mass is 9.80. The molecule has 10 atom stereocenters. The molecule has 8 N–H and O–H groups in total. The van der Waals surface area contributed by atoms with Gasteiger partial charge in [0.25, 0.3) is 0 Å². The van der Waals surface area contributed by atoms with Crippen molar-refractivity contribution in [2.75, 3.05) is 19.8 Å². The molecule has 2 fully saturated rings. The molecule has 0 spiro atoms. The predicted molar refractivity (Wildman–Crippen MR) is 88.3 cm³/mol. The number of carbonyl (C=O) groups is 1. The molecule has 27 heavy (non-hydrogen) atoms. The number of ether oxygens (including phenoxy) is 2. The van der Waals surface area contributed by atoms with Crippen molar-refractivity contribution in [3.8, 4) is 0 Å². The van der Waals surface area contributed by atoms with Crippen molar-refractivity contribution in [3.63, 3.8) is 0 Å². The number of rotatable bonds is 6. The summed E-state index contributed by atoms with van der Waals surface area (Å²) in [4.78, 5) is 11.6. The molecular weight excluding hydrogens is 366 g/mol. The van der Waals surface area contributed by atoms with Crippen LogP contribution in [0.25, 0.3) is 0 Å². The first-order chi connectivity index (χ1) is 12.7. The molecule has 1 saturated carbocycles. The second kappa shape index (κ2) is 9.54. The molecule has 1 heterocycles. The van der Waals surface area contributed by atoms with Crippen LogP contribution in [-0.4, -0.2) is 116 Å². The van der Waals surface area contributed by atoms with E-state index in [0.29, 0.717) is 0 Å². The molecular formula is C16H29NO10. The summed E-state index contributed by atoms with van der Waals surface area (Å²) >= 11 is 0. The Bertz CT molecular complexity index is 492. The van der Waals surface area contributed by atoms with Crippen LogP contribution in [-0.2, 0) is 14.3 Å². The predicted octanol–water partition coefficient (Wildman–Crippen LogP) is -4.55. The molecule has 0 aromatic carbocycles. The van der Waals surface area contributed by atoms with E-state index >= 15 is 0 Å². The Morgan fingerprint density at radius 1 is 1.04 bits per heavy atom. The zero-order valence-electron chi connectivity index (χ0n) is 15.0. The van der Waals surface area contributed by atoms with Gasteiger partial charge in [-0.15, -0.1) is 0 Å². The highest BCUT2D eigenvalue weighted by Gasteiger charge is 2.49. The number of hydrogen-bond acceptors (Lipinski definition) is 10. The van der Waals surface area contributed by atoms with Crippen molar-refractivity contribution in [2.24, 2.45) is 5.92 Å². The molecule has 0 aromatic rings. The quantitative estimate of drug-likeness (QED) is 0.217. The van der Waals surface area contributed by atoms with Gasteiger partial charge in [-0.1, -0.05) is 0 Å². The molecule has 158 valence electrons. The Balaban J connectivity index is 2.22. The highest BCUT2D eigenvalue weighted by molar-refractivity contribution is 5.77. The van der Waals surface area contributed by atoms with Crippen LogP contribution >= 0.6 is 0 Å². The maximum absolute atomic E-state index is 11.6. The zero-order valence-corrected chi connectivity index (χ0v) is 15.0. The summed E-state index contributed by atoms with van der Waals surface area (Å²) < 4.78 is 11.3. The summed E-state index contributed by atoms with van der Waals surface area (Å²) in [5.74, 6) is -1.48. The first-order valence-electron chi connectivity index (χ1n) is 8.90. The fraction of sp³-hybridized carbons (Fsp3) is 0.938. The second-order valence-corrected chi connectivity index (χ2v) is 7.09. The van der Waals surface area contributed by atoms with E-state index in [1.807, 2.05) is 0 Å². The van der Waals surface area contributed by atoms with Crippen LogP contribution in [0.2, 0.25) is 0 Å². The maximum Gasteiger partial charge on any atom is 0.246 e. The van der Waals surface area contributed by atoms with Gasteiger partial charge in [-0.2, -0.15) is 0 Å². The normalized spacial score (nSPS) is 45.5. The lowest BCUT2D eigenvalue weighted by Crippen LogP contribution is -2.66. The molecule has 2 rings (SSSR count). The lowest BCUT2D eigenvalue weighted by Gasteiger charge is -2.47. The fourth-order valence-electron chi connectivity index (χ4n) is 3.68. The average molecular weight is 395 g/mol. The summed E-state index contributed by atoms with van der Waals surface area (Å²) in [5, 5.41) is 70.8. The van der Waals surface area contributed by atoms with Crippen LogP contribution < -0.4 is 5.32 Å². The Hall–Kier alpha value is -0.890. The van der Waals surface area contributed by atoms with E-state index in [9.17, 15) is 35.4 Å². The maximum atomic E-state index is 11.6. The molecule has 1 aliphatic carbocycles. The Morgan fingerprint density at radius 3 is 2.26 bits per heavy atom. The van der Waals surface area contributed by atoms with Crippen LogP contribution in [0.15, 0.2) is 0 Å².